The molecule has 21 heavy (non-hydrogen) atoms. The predicted octanol–water partition coefficient (Wildman–Crippen LogP) is 3.47. The van der Waals surface area contributed by atoms with E-state index in [1.807, 2.05) is 31.2 Å². The van der Waals surface area contributed by atoms with Crippen LogP contribution >= 0.6 is 0 Å². The molecule has 2 rings (SSSR count). The molecule has 0 saturated heterocycles. The molecule has 1 amide bonds. The minimum Gasteiger partial charge on any atom is -0.320 e. The highest BCUT2D eigenvalue weighted by Crippen LogP contribution is 2.23. The molecule has 0 aliphatic carbocycles. The van der Waals surface area contributed by atoms with Crippen LogP contribution in [0.5, 0.6) is 0 Å². The van der Waals surface area contributed by atoms with Gasteiger partial charge in [0.1, 0.15) is 5.69 Å². The highest BCUT2D eigenvalue weighted by molar-refractivity contribution is 5.93. The van der Waals surface area contributed by atoms with Gasteiger partial charge in [0.15, 0.2) is 0 Å². The molecule has 0 bridgehead atoms. The smallest absolute Gasteiger partial charge is 0.292 e. The number of hydrogen-bond acceptors (Lipinski definition) is 3. The van der Waals surface area contributed by atoms with E-state index in [4.69, 9.17) is 0 Å². The fourth-order valence-electron chi connectivity index (χ4n) is 1.96. The van der Waals surface area contributed by atoms with E-state index in [0.717, 1.165) is 5.56 Å². The van der Waals surface area contributed by atoms with Crippen LogP contribution < -0.4 is 5.32 Å². The van der Waals surface area contributed by atoms with Crippen molar-refractivity contribution < 1.29 is 9.72 Å². The molecular formula is C16H16N2O3. The Morgan fingerprint density at radius 3 is 2.48 bits per heavy atom. The Morgan fingerprint density at radius 2 is 1.81 bits per heavy atom. The maximum atomic E-state index is 11.9. The van der Waals surface area contributed by atoms with Gasteiger partial charge in [-0.15, -0.1) is 0 Å². The standard InChI is InChI=1S/C16H16N2O3/c1-12-6-8-13(9-7-12)10-11-16(19)17-14-4-2-3-5-15(14)18(20)21/h2-9H,10-11H2,1H3,(H,17,19). The third kappa shape index (κ3) is 4.14. The van der Waals surface area contributed by atoms with Crippen LogP contribution in [0, 0.1) is 17.0 Å². The van der Waals surface area contributed by atoms with Gasteiger partial charge >= 0.3 is 0 Å². The maximum absolute atomic E-state index is 11.9. The molecule has 2 aromatic rings. The van der Waals surface area contributed by atoms with Crippen molar-refractivity contribution in [3.63, 3.8) is 0 Å². The van der Waals surface area contributed by atoms with E-state index in [1.165, 1.54) is 17.7 Å². The molecule has 0 heterocycles. The molecule has 0 aliphatic heterocycles. The lowest BCUT2D eigenvalue weighted by Crippen LogP contribution is -2.13. The highest BCUT2D eigenvalue weighted by atomic mass is 16.6. The molecule has 5 nitrogen and oxygen atoms in total. The van der Waals surface area contributed by atoms with Crippen molar-refractivity contribution in [2.24, 2.45) is 0 Å². The molecule has 0 aliphatic rings. The average molecular weight is 284 g/mol. The Balaban J connectivity index is 1.96. The number of carbonyl (C=O) groups excluding carboxylic acids is 1. The van der Waals surface area contributed by atoms with Crippen molar-refractivity contribution in [1.82, 2.24) is 0 Å². The lowest BCUT2D eigenvalue weighted by atomic mass is 10.1. The summed E-state index contributed by atoms with van der Waals surface area (Å²) in [6.45, 7) is 2.00. The second-order valence-electron chi connectivity index (χ2n) is 4.81. The first kappa shape index (κ1) is 14.7. The van der Waals surface area contributed by atoms with Crippen molar-refractivity contribution >= 4 is 17.3 Å². The minimum atomic E-state index is -0.504. The number of para-hydroxylation sites is 2. The molecule has 1 N–H and O–H groups in total. The second kappa shape index (κ2) is 6.65. The van der Waals surface area contributed by atoms with Gasteiger partial charge in [0.2, 0.25) is 5.91 Å². The summed E-state index contributed by atoms with van der Waals surface area (Å²) in [4.78, 5) is 22.3. The number of anilines is 1. The summed E-state index contributed by atoms with van der Waals surface area (Å²) in [6, 6.07) is 14.1. The molecular weight excluding hydrogens is 268 g/mol. The van der Waals surface area contributed by atoms with Gasteiger partial charge < -0.3 is 5.32 Å². The van der Waals surface area contributed by atoms with E-state index in [1.54, 1.807) is 12.1 Å². The molecule has 5 heteroatoms. The number of rotatable bonds is 5. The van der Waals surface area contributed by atoms with Crippen LogP contribution in [0.4, 0.5) is 11.4 Å². The first-order chi connectivity index (χ1) is 10.1. The maximum Gasteiger partial charge on any atom is 0.292 e. The lowest BCUT2D eigenvalue weighted by molar-refractivity contribution is -0.383. The monoisotopic (exact) mass is 284 g/mol. The first-order valence-corrected chi connectivity index (χ1v) is 6.65. The van der Waals surface area contributed by atoms with Gasteiger partial charge in [0.05, 0.1) is 4.92 Å². The summed E-state index contributed by atoms with van der Waals surface area (Å²) < 4.78 is 0. The summed E-state index contributed by atoms with van der Waals surface area (Å²) >= 11 is 0. The lowest BCUT2D eigenvalue weighted by Gasteiger charge is -2.06. The zero-order valence-electron chi connectivity index (χ0n) is 11.7. The molecule has 0 unspecified atom stereocenters. The second-order valence-corrected chi connectivity index (χ2v) is 4.81. The normalized spacial score (nSPS) is 10.1. The van der Waals surface area contributed by atoms with E-state index in [2.05, 4.69) is 5.32 Å². The van der Waals surface area contributed by atoms with Crippen molar-refractivity contribution in [1.29, 1.82) is 0 Å². The molecule has 0 radical (unpaired) electrons. The van der Waals surface area contributed by atoms with Gasteiger partial charge in [0.25, 0.3) is 5.69 Å². The van der Waals surface area contributed by atoms with Crippen LogP contribution in [0.2, 0.25) is 0 Å². The number of amides is 1. The van der Waals surface area contributed by atoms with Crippen LogP contribution in [0.3, 0.4) is 0 Å². The number of benzene rings is 2. The van der Waals surface area contributed by atoms with Crippen LogP contribution in [0.25, 0.3) is 0 Å². The molecule has 0 atom stereocenters. The summed E-state index contributed by atoms with van der Waals surface area (Å²) in [6.07, 6.45) is 0.891. The van der Waals surface area contributed by atoms with Crippen molar-refractivity contribution in [3.8, 4) is 0 Å². The van der Waals surface area contributed by atoms with E-state index in [0.29, 0.717) is 6.42 Å². The van der Waals surface area contributed by atoms with Crippen molar-refractivity contribution in [2.75, 3.05) is 5.32 Å². The van der Waals surface area contributed by atoms with Crippen LogP contribution in [-0.2, 0) is 11.2 Å². The molecule has 0 saturated carbocycles. The Kier molecular flexibility index (Phi) is 4.66. The topological polar surface area (TPSA) is 72.2 Å². The zero-order valence-corrected chi connectivity index (χ0v) is 11.7. The summed E-state index contributed by atoms with van der Waals surface area (Å²) in [5.41, 5.74) is 2.37. The summed E-state index contributed by atoms with van der Waals surface area (Å²) in [7, 11) is 0. The highest BCUT2D eigenvalue weighted by Gasteiger charge is 2.14. The quantitative estimate of drug-likeness (QED) is 0.675. The number of nitrogens with zero attached hydrogens (tertiary/aromatic N) is 1. The molecule has 0 spiro atoms. The van der Waals surface area contributed by atoms with Gasteiger partial charge in [-0.1, -0.05) is 42.0 Å². The van der Waals surface area contributed by atoms with E-state index in [9.17, 15) is 14.9 Å². The van der Waals surface area contributed by atoms with Gasteiger partial charge in [-0.2, -0.15) is 0 Å². The Morgan fingerprint density at radius 1 is 1.14 bits per heavy atom. The van der Waals surface area contributed by atoms with Crippen molar-refractivity contribution in [3.05, 3.63) is 69.8 Å². The van der Waals surface area contributed by atoms with Gasteiger partial charge in [-0.25, -0.2) is 0 Å². The molecule has 2 aromatic carbocycles. The first-order valence-electron chi connectivity index (χ1n) is 6.65. The largest absolute Gasteiger partial charge is 0.320 e. The van der Waals surface area contributed by atoms with E-state index in [-0.39, 0.29) is 23.7 Å². The molecule has 108 valence electrons. The van der Waals surface area contributed by atoms with Crippen LogP contribution in [-0.4, -0.2) is 10.8 Å². The third-order valence-corrected chi connectivity index (χ3v) is 3.14. The SMILES string of the molecule is Cc1ccc(CCC(=O)Nc2ccccc2[N+](=O)[O-])cc1. The van der Waals surface area contributed by atoms with Gasteiger partial charge in [-0.05, 0) is 25.0 Å². The van der Waals surface area contributed by atoms with Crippen LogP contribution in [0.15, 0.2) is 48.5 Å². The zero-order chi connectivity index (χ0) is 15.2. The minimum absolute atomic E-state index is 0.0961. The number of hydrogen-bond donors (Lipinski definition) is 1. The number of nitro groups is 1. The Bertz CT molecular complexity index is 651. The van der Waals surface area contributed by atoms with Gasteiger partial charge in [-0.3, -0.25) is 14.9 Å². The number of nitro benzene ring substituents is 1. The van der Waals surface area contributed by atoms with Crippen molar-refractivity contribution in [2.45, 2.75) is 19.8 Å². The summed E-state index contributed by atoms with van der Waals surface area (Å²) in [5, 5.41) is 13.5. The van der Waals surface area contributed by atoms with E-state index < -0.39 is 4.92 Å². The van der Waals surface area contributed by atoms with E-state index >= 15 is 0 Å². The van der Waals surface area contributed by atoms with Gasteiger partial charge in [0, 0.05) is 12.5 Å². The predicted molar refractivity (Wildman–Crippen MR) is 81.2 cm³/mol. The fourth-order valence-corrected chi connectivity index (χ4v) is 1.96. The number of aryl methyl sites for hydroxylation is 2. The average Bonchev–Trinajstić information content (AvgIpc) is 2.47. The van der Waals surface area contributed by atoms with Crippen LogP contribution in [0.1, 0.15) is 17.5 Å². The third-order valence-electron chi connectivity index (χ3n) is 3.14. The number of carbonyl (C=O) groups is 1. The molecule has 0 aromatic heterocycles. The molecule has 0 fully saturated rings. The fraction of sp³-hybridized carbons (Fsp3) is 0.188. The summed E-state index contributed by atoms with van der Waals surface area (Å²) in [5.74, 6) is -0.232. The Hall–Kier alpha value is -2.69. The Labute approximate surface area is 122 Å². The number of nitrogens with one attached hydrogen (secondary N) is 1.